The summed E-state index contributed by atoms with van der Waals surface area (Å²) in [5, 5.41) is 12.2. The highest BCUT2D eigenvalue weighted by atomic mass is 16.7. The van der Waals surface area contributed by atoms with Gasteiger partial charge in [-0.25, -0.2) is 9.97 Å². The van der Waals surface area contributed by atoms with Crippen molar-refractivity contribution < 1.29 is 9.47 Å². The molecule has 2 aliphatic rings. The first-order valence-electron chi connectivity index (χ1n) is 8.38. The molecule has 128 valence electrons. The summed E-state index contributed by atoms with van der Waals surface area (Å²) >= 11 is 0. The van der Waals surface area contributed by atoms with Gasteiger partial charge in [0.1, 0.15) is 18.0 Å². The third-order valence-electron chi connectivity index (χ3n) is 4.58. The molecule has 2 fully saturated rings. The molecule has 2 saturated heterocycles. The molecule has 0 atom stereocenters. The number of ether oxygens (including phenoxy) is 2. The standard InChI is InChI=1S/C18H19N5O2/c19-12-14-2-1-3-15(10-14)22-16-11-17(21-13-20-16)23-6-4-18(5-7-23)24-8-9-25-18/h1-3,10-11,13H,4-9H2,(H,20,21,22). The zero-order chi connectivity index (χ0) is 17.1. The lowest BCUT2D eigenvalue weighted by molar-refractivity contribution is -0.169. The van der Waals surface area contributed by atoms with Crippen LogP contribution in [0.4, 0.5) is 17.3 Å². The van der Waals surface area contributed by atoms with Crippen molar-refractivity contribution in [3.8, 4) is 6.07 Å². The Morgan fingerprint density at radius 1 is 1.12 bits per heavy atom. The van der Waals surface area contributed by atoms with Gasteiger partial charge in [0.2, 0.25) is 0 Å². The van der Waals surface area contributed by atoms with E-state index in [1.165, 1.54) is 0 Å². The normalized spacial score (nSPS) is 18.9. The number of rotatable bonds is 3. The fourth-order valence-electron chi connectivity index (χ4n) is 3.26. The lowest BCUT2D eigenvalue weighted by Gasteiger charge is -2.38. The van der Waals surface area contributed by atoms with Crippen LogP contribution in [0.1, 0.15) is 18.4 Å². The van der Waals surface area contributed by atoms with Crippen molar-refractivity contribution >= 4 is 17.3 Å². The molecule has 1 spiro atoms. The van der Waals surface area contributed by atoms with E-state index in [0.717, 1.165) is 37.4 Å². The molecule has 1 N–H and O–H groups in total. The second-order valence-electron chi connectivity index (χ2n) is 6.17. The molecule has 2 aliphatic heterocycles. The van der Waals surface area contributed by atoms with E-state index < -0.39 is 0 Å². The van der Waals surface area contributed by atoms with E-state index in [2.05, 4.69) is 26.3 Å². The van der Waals surface area contributed by atoms with Crippen LogP contribution in [-0.2, 0) is 9.47 Å². The number of hydrogen-bond acceptors (Lipinski definition) is 7. The average Bonchev–Trinajstić information content (AvgIpc) is 3.11. The number of hydrogen-bond donors (Lipinski definition) is 1. The molecule has 0 radical (unpaired) electrons. The largest absolute Gasteiger partial charge is 0.356 e. The van der Waals surface area contributed by atoms with Crippen molar-refractivity contribution in [2.75, 3.05) is 36.5 Å². The van der Waals surface area contributed by atoms with Crippen LogP contribution in [0.3, 0.4) is 0 Å². The minimum absolute atomic E-state index is 0.387. The van der Waals surface area contributed by atoms with Crippen LogP contribution in [0.15, 0.2) is 36.7 Å². The van der Waals surface area contributed by atoms with Crippen LogP contribution in [-0.4, -0.2) is 42.1 Å². The third-order valence-corrected chi connectivity index (χ3v) is 4.58. The number of nitrogens with zero attached hydrogens (tertiary/aromatic N) is 4. The van der Waals surface area contributed by atoms with Gasteiger partial charge in [-0.05, 0) is 18.2 Å². The molecule has 4 rings (SSSR count). The Balaban J connectivity index is 1.45. The number of nitriles is 1. The summed E-state index contributed by atoms with van der Waals surface area (Å²) in [4.78, 5) is 10.9. The van der Waals surface area contributed by atoms with E-state index in [1.807, 2.05) is 18.2 Å². The van der Waals surface area contributed by atoms with Crippen molar-refractivity contribution in [3.05, 3.63) is 42.2 Å². The van der Waals surface area contributed by atoms with Gasteiger partial charge in [0.05, 0.1) is 24.8 Å². The molecular weight excluding hydrogens is 318 g/mol. The van der Waals surface area contributed by atoms with Crippen molar-refractivity contribution in [3.63, 3.8) is 0 Å². The van der Waals surface area contributed by atoms with Gasteiger partial charge in [0.15, 0.2) is 5.79 Å². The van der Waals surface area contributed by atoms with Gasteiger partial charge in [-0.1, -0.05) is 6.07 Å². The average molecular weight is 337 g/mol. The lowest BCUT2D eigenvalue weighted by Crippen LogP contribution is -2.45. The van der Waals surface area contributed by atoms with Crippen LogP contribution in [0.2, 0.25) is 0 Å². The highest BCUT2D eigenvalue weighted by Crippen LogP contribution is 2.33. The van der Waals surface area contributed by atoms with Gasteiger partial charge in [0, 0.05) is 37.7 Å². The Labute approximate surface area is 146 Å². The molecule has 0 amide bonds. The molecule has 7 heteroatoms. The predicted octanol–water partition coefficient (Wildman–Crippen LogP) is 2.44. The van der Waals surface area contributed by atoms with Crippen molar-refractivity contribution in [1.29, 1.82) is 5.26 Å². The van der Waals surface area contributed by atoms with E-state index in [1.54, 1.807) is 18.5 Å². The van der Waals surface area contributed by atoms with Gasteiger partial charge < -0.3 is 19.7 Å². The summed E-state index contributed by atoms with van der Waals surface area (Å²) in [5.41, 5.74) is 1.44. The number of nitrogens with one attached hydrogen (secondary N) is 1. The summed E-state index contributed by atoms with van der Waals surface area (Å²) in [6.07, 6.45) is 3.23. The SMILES string of the molecule is N#Cc1cccc(Nc2cc(N3CCC4(CC3)OCCO4)ncn2)c1. The molecule has 0 bridgehead atoms. The topological polar surface area (TPSA) is 83.3 Å². The van der Waals surface area contributed by atoms with Crippen LogP contribution in [0.5, 0.6) is 0 Å². The number of anilines is 3. The van der Waals surface area contributed by atoms with E-state index >= 15 is 0 Å². The fraction of sp³-hybridized carbons (Fsp3) is 0.389. The zero-order valence-corrected chi connectivity index (χ0v) is 13.8. The summed E-state index contributed by atoms with van der Waals surface area (Å²) in [5.74, 6) is 1.19. The van der Waals surface area contributed by atoms with Crippen LogP contribution in [0, 0.1) is 11.3 Å². The van der Waals surface area contributed by atoms with Gasteiger partial charge in [0.25, 0.3) is 0 Å². The van der Waals surface area contributed by atoms with Crippen LogP contribution < -0.4 is 10.2 Å². The third kappa shape index (κ3) is 3.40. The number of piperidine rings is 1. The van der Waals surface area contributed by atoms with Gasteiger partial charge in [-0.2, -0.15) is 5.26 Å². The summed E-state index contributed by atoms with van der Waals surface area (Å²) in [7, 11) is 0. The molecule has 0 saturated carbocycles. The Bertz CT molecular complexity index is 788. The minimum Gasteiger partial charge on any atom is -0.356 e. The first kappa shape index (κ1) is 15.8. The molecule has 2 aromatic rings. The van der Waals surface area contributed by atoms with Gasteiger partial charge in [-0.15, -0.1) is 0 Å². The molecule has 25 heavy (non-hydrogen) atoms. The molecule has 0 unspecified atom stereocenters. The quantitative estimate of drug-likeness (QED) is 0.921. The Morgan fingerprint density at radius 3 is 2.68 bits per heavy atom. The lowest BCUT2D eigenvalue weighted by atomic mass is 10.0. The predicted molar refractivity (Wildman–Crippen MR) is 92.6 cm³/mol. The van der Waals surface area contributed by atoms with Gasteiger partial charge >= 0.3 is 0 Å². The van der Waals surface area contributed by atoms with Crippen molar-refractivity contribution in [2.45, 2.75) is 18.6 Å². The summed E-state index contributed by atoms with van der Waals surface area (Å²) < 4.78 is 11.5. The monoisotopic (exact) mass is 337 g/mol. The van der Waals surface area contributed by atoms with Crippen LogP contribution >= 0.6 is 0 Å². The molecule has 1 aromatic heterocycles. The molecular formula is C18H19N5O2. The highest BCUT2D eigenvalue weighted by Gasteiger charge is 2.40. The molecule has 0 aliphatic carbocycles. The smallest absolute Gasteiger partial charge is 0.171 e. The van der Waals surface area contributed by atoms with Crippen molar-refractivity contribution in [1.82, 2.24) is 9.97 Å². The summed E-state index contributed by atoms with van der Waals surface area (Å²) in [6.45, 7) is 3.04. The number of benzene rings is 1. The Morgan fingerprint density at radius 2 is 1.92 bits per heavy atom. The van der Waals surface area contributed by atoms with E-state index in [0.29, 0.717) is 24.6 Å². The molecule has 1 aromatic carbocycles. The first-order chi connectivity index (χ1) is 12.3. The van der Waals surface area contributed by atoms with Crippen LogP contribution in [0.25, 0.3) is 0 Å². The van der Waals surface area contributed by atoms with Crippen molar-refractivity contribution in [2.24, 2.45) is 0 Å². The second-order valence-corrected chi connectivity index (χ2v) is 6.17. The molecule has 7 nitrogen and oxygen atoms in total. The van der Waals surface area contributed by atoms with E-state index in [-0.39, 0.29) is 5.79 Å². The maximum Gasteiger partial charge on any atom is 0.171 e. The Kier molecular flexibility index (Phi) is 4.22. The second kappa shape index (κ2) is 6.67. The summed E-state index contributed by atoms with van der Waals surface area (Å²) in [6, 6.07) is 11.4. The van der Waals surface area contributed by atoms with E-state index in [9.17, 15) is 0 Å². The maximum atomic E-state index is 9.00. The van der Waals surface area contributed by atoms with Gasteiger partial charge in [-0.3, -0.25) is 0 Å². The minimum atomic E-state index is -0.387. The molecule has 3 heterocycles. The first-order valence-corrected chi connectivity index (χ1v) is 8.38. The zero-order valence-electron chi connectivity index (χ0n) is 13.8. The Hall–Kier alpha value is -2.69. The number of aromatic nitrogens is 2. The van der Waals surface area contributed by atoms with E-state index in [4.69, 9.17) is 14.7 Å². The maximum absolute atomic E-state index is 9.00. The fourth-order valence-corrected chi connectivity index (χ4v) is 3.26. The highest BCUT2D eigenvalue weighted by molar-refractivity contribution is 5.61.